The number of hydrogen-bond donors (Lipinski definition) is 1. The van der Waals surface area contributed by atoms with Crippen LogP contribution in [-0.2, 0) is 11.3 Å². The Hall–Kier alpha value is -1.17. The fraction of sp³-hybridized carbons (Fsp3) is 0.824. The molecular formula is C17H26N4OS. The molecule has 0 bridgehead atoms. The van der Waals surface area contributed by atoms with Crippen LogP contribution in [0.5, 0.6) is 0 Å². The summed E-state index contributed by atoms with van der Waals surface area (Å²) in [5.74, 6) is 3.72. The van der Waals surface area contributed by atoms with E-state index in [2.05, 4.69) is 26.6 Å². The van der Waals surface area contributed by atoms with Gasteiger partial charge in [0.15, 0.2) is 4.77 Å². The minimum absolute atomic E-state index is 0.360. The van der Waals surface area contributed by atoms with Crippen LogP contribution in [0.1, 0.15) is 57.2 Å². The highest BCUT2D eigenvalue weighted by Crippen LogP contribution is 2.56. The molecule has 23 heavy (non-hydrogen) atoms. The van der Waals surface area contributed by atoms with E-state index in [4.69, 9.17) is 12.2 Å². The Morgan fingerprint density at radius 3 is 2.48 bits per heavy atom. The Labute approximate surface area is 142 Å². The van der Waals surface area contributed by atoms with Gasteiger partial charge in [-0.2, -0.15) is 5.10 Å². The van der Waals surface area contributed by atoms with E-state index >= 15 is 0 Å². The van der Waals surface area contributed by atoms with Gasteiger partial charge in [-0.1, -0.05) is 12.8 Å². The normalized spacial score (nSPS) is 31.0. The zero-order valence-corrected chi connectivity index (χ0v) is 14.6. The predicted molar refractivity (Wildman–Crippen MR) is 90.6 cm³/mol. The first-order chi connectivity index (χ1) is 11.2. The van der Waals surface area contributed by atoms with Gasteiger partial charge >= 0.3 is 0 Å². The fourth-order valence-corrected chi connectivity index (χ4v) is 5.14. The van der Waals surface area contributed by atoms with Crippen molar-refractivity contribution < 1.29 is 4.79 Å². The molecule has 126 valence electrons. The largest absolute Gasteiger partial charge is 0.342 e. The number of carbonyl (C=O) groups is 1. The number of nitrogens with one attached hydrogen (secondary N) is 1. The molecule has 1 amide bonds. The lowest BCUT2D eigenvalue weighted by Crippen LogP contribution is -2.39. The van der Waals surface area contributed by atoms with Crippen molar-refractivity contribution in [1.82, 2.24) is 19.7 Å². The number of H-pyrrole nitrogens is 1. The number of aromatic amines is 1. The number of likely N-dealkylation sites (tertiary alicyclic amines) is 1. The van der Waals surface area contributed by atoms with Crippen molar-refractivity contribution in [2.75, 3.05) is 13.1 Å². The summed E-state index contributed by atoms with van der Waals surface area (Å²) in [6.45, 7) is 4.71. The van der Waals surface area contributed by atoms with Gasteiger partial charge in [0.05, 0.1) is 0 Å². The van der Waals surface area contributed by atoms with Gasteiger partial charge in [0.2, 0.25) is 5.91 Å². The topological polar surface area (TPSA) is 53.9 Å². The average Bonchev–Trinajstić information content (AvgIpc) is 3.20. The van der Waals surface area contributed by atoms with E-state index < -0.39 is 0 Å². The number of aromatic nitrogens is 3. The van der Waals surface area contributed by atoms with E-state index in [9.17, 15) is 4.79 Å². The maximum absolute atomic E-state index is 12.8. The van der Waals surface area contributed by atoms with Crippen molar-refractivity contribution in [3.05, 3.63) is 10.6 Å². The Balaban J connectivity index is 1.37. The molecule has 2 heterocycles. The zero-order chi connectivity index (χ0) is 16.0. The van der Waals surface area contributed by atoms with E-state index in [1.165, 1.54) is 25.7 Å². The minimum Gasteiger partial charge on any atom is -0.342 e. The van der Waals surface area contributed by atoms with Crippen molar-refractivity contribution in [3.63, 3.8) is 0 Å². The molecule has 1 aromatic rings. The van der Waals surface area contributed by atoms with Gasteiger partial charge in [0.1, 0.15) is 5.82 Å². The number of piperidine rings is 1. The van der Waals surface area contributed by atoms with E-state index in [1.807, 2.05) is 0 Å². The molecular weight excluding hydrogens is 308 g/mol. The summed E-state index contributed by atoms with van der Waals surface area (Å²) in [5, 5.41) is 7.35. The van der Waals surface area contributed by atoms with Crippen molar-refractivity contribution in [1.29, 1.82) is 0 Å². The zero-order valence-electron chi connectivity index (χ0n) is 13.8. The molecule has 1 N–H and O–H groups in total. The van der Waals surface area contributed by atoms with Crippen LogP contribution in [0.2, 0.25) is 0 Å². The molecule has 3 aliphatic rings. The third-order valence-corrected chi connectivity index (χ3v) is 6.53. The van der Waals surface area contributed by atoms with Crippen LogP contribution in [0, 0.1) is 22.5 Å². The van der Waals surface area contributed by atoms with Crippen molar-refractivity contribution >= 4 is 18.1 Å². The van der Waals surface area contributed by atoms with E-state index in [1.54, 1.807) is 0 Å². The standard InChI is InChI=1S/C17H26N4OS/c1-2-21-15(18-19-17(21)23)11-7-9-20(10-8-11)16(22)14-12-5-3-4-6-13(12)14/h11-14H,2-10H2,1H3,(H,19,23). The van der Waals surface area contributed by atoms with Crippen LogP contribution < -0.4 is 0 Å². The first kappa shape index (κ1) is 15.4. The summed E-state index contributed by atoms with van der Waals surface area (Å²) in [7, 11) is 0. The lowest BCUT2D eigenvalue weighted by atomic mass is 9.95. The summed E-state index contributed by atoms with van der Waals surface area (Å²) in [4.78, 5) is 14.9. The molecule has 2 atom stereocenters. The Kier molecular flexibility index (Phi) is 4.03. The van der Waals surface area contributed by atoms with Gasteiger partial charge in [-0.25, -0.2) is 0 Å². The molecule has 5 nitrogen and oxygen atoms in total. The number of hydrogen-bond acceptors (Lipinski definition) is 3. The van der Waals surface area contributed by atoms with Crippen LogP contribution in [-0.4, -0.2) is 38.7 Å². The molecule has 0 aromatic carbocycles. The summed E-state index contributed by atoms with van der Waals surface area (Å²) < 4.78 is 2.80. The van der Waals surface area contributed by atoms with Crippen molar-refractivity contribution in [3.8, 4) is 0 Å². The second-order valence-corrected chi connectivity index (χ2v) is 7.76. The smallest absolute Gasteiger partial charge is 0.226 e. The number of nitrogens with zero attached hydrogens (tertiary/aromatic N) is 3. The van der Waals surface area contributed by atoms with E-state index in [-0.39, 0.29) is 0 Å². The Morgan fingerprint density at radius 1 is 1.22 bits per heavy atom. The first-order valence-corrected chi connectivity index (χ1v) is 9.55. The van der Waals surface area contributed by atoms with Gasteiger partial charge in [0.25, 0.3) is 0 Å². The molecule has 0 radical (unpaired) electrons. The van der Waals surface area contributed by atoms with E-state index in [0.717, 1.165) is 38.3 Å². The Morgan fingerprint density at radius 2 is 1.87 bits per heavy atom. The maximum Gasteiger partial charge on any atom is 0.226 e. The molecule has 2 aliphatic carbocycles. The van der Waals surface area contributed by atoms with Crippen molar-refractivity contribution in [2.24, 2.45) is 17.8 Å². The predicted octanol–water partition coefficient (Wildman–Crippen LogP) is 3.10. The molecule has 2 unspecified atom stereocenters. The molecule has 0 spiro atoms. The summed E-state index contributed by atoms with van der Waals surface area (Å²) in [6, 6.07) is 0. The van der Waals surface area contributed by atoms with Crippen LogP contribution in [0.4, 0.5) is 0 Å². The third-order valence-electron chi connectivity index (χ3n) is 6.22. The van der Waals surface area contributed by atoms with Gasteiger partial charge in [-0.05, 0) is 56.7 Å². The highest BCUT2D eigenvalue weighted by molar-refractivity contribution is 7.71. The van der Waals surface area contributed by atoms with Gasteiger partial charge < -0.3 is 9.47 Å². The summed E-state index contributed by atoms with van der Waals surface area (Å²) >= 11 is 5.29. The second kappa shape index (κ2) is 6.04. The van der Waals surface area contributed by atoms with Crippen LogP contribution in [0.15, 0.2) is 0 Å². The molecule has 2 saturated carbocycles. The van der Waals surface area contributed by atoms with Crippen LogP contribution in [0.3, 0.4) is 0 Å². The lowest BCUT2D eigenvalue weighted by Gasteiger charge is -2.32. The quantitative estimate of drug-likeness (QED) is 0.864. The monoisotopic (exact) mass is 334 g/mol. The molecule has 1 aliphatic heterocycles. The summed E-state index contributed by atoms with van der Waals surface area (Å²) in [6.07, 6.45) is 7.23. The highest BCUT2D eigenvalue weighted by Gasteiger charge is 2.55. The molecule has 3 fully saturated rings. The summed E-state index contributed by atoms with van der Waals surface area (Å²) in [5.41, 5.74) is 0. The number of carbonyl (C=O) groups excluding carboxylic acids is 1. The third kappa shape index (κ3) is 2.65. The Bertz CT molecular complexity index is 631. The SMILES string of the molecule is CCn1c(C2CCN(C(=O)C3C4CCCCC43)CC2)n[nH]c1=S. The minimum atomic E-state index is 0.360. The second-order valence-electron chi connectivity index (χ2n) is 7.37. The van der Waals surface area contributed by atoms with Crippen LogP contribution >= 0.6 is 12.2 Å². The maximum atomic E-state index is 12.8. The molecule has 1 saturated heterocycles. The molecule has 4 rings (SSSR count). The van der Waals surface area contributed by atoms with E-state index in [0.29, 0.717) is 34.3 Å². The van der Waals surface area contributed by atoms with Gasteiger partial charge in [-0.3, -0.25) is 9.89 Å². The van der Waals surface area contributed by atoms with Gasteiger partial charge in [-0.15, -0.1) is 0 Å². The fourth-order valence-electron chi connectivity index (χ4n) is 4.87. The number of rotatable bonds is 3. The number of fused-ring (bicyclic) bond motifs is 1. The first-order valence-electron chi connectivity index (χ1n) is 9.14. The molecule has 6 heteroatoms. The van der Waals surface area contributed by atoms with Gasteiger partial charge in [0, 0.05) is 31.5 Å². The van der Waals surface area contributed by atoms with Crippen LogP contribution in [0.25, 0.3) is 0 Å². The average molecular weight is 334 g/mol. The molecule has 1 aromatic heterocycles. The van der Waals surface area contributed by atoms with Crippen molar-refractivity contribution in [2.45, 2.75) is 57.9 Å². The lowest BCUT2D eigenvalue weighted by molar-refractivity contribution is -0.134. The number of amides is 1. The highest BCUT2D eigenvalue weighted by atomic mass is 32.1.